The van der Waals surface area contributed by atoms with E-state index in [-0.39, 0.29) is 10.6 Å². The second-order valence-electron chi connectivity index (χ2n) is 6.25. The number of nitrogens with zero attached hydrogens (tertiary/aromatic N) is 3. The Kier molecular flexibility index (Phi) is 3.93. The Balaban J connectivity index is 1.50. The van der Waals surface area contributed by atoms with Gasteiger partial charge in [-0.15, -0.1) is 0 Å². The van der Waals surface area contributed by atoms with E-state index in [1.165, 1.54) is 6.07 Å². The minimum atomic E-state index is -0.381. The van der Waals surface area contributed by atoms with Crippen molar-refractivity contribution < 1.29 is 4.92 Å². The molecule has 4 rings (SSSR count). The normalized spacial score (nSPS) is 17.0. The molecule has 1 aliphatic rings. The van der Waals surface area contributed by atoms with E-state index in [1.807, 2.05) is 30.3 Å². The molecule has 25 heavy (non-hydrogen) atoms. The van der Waals surface area contributed by atoms with Crippen molar-refractivity contribution in [3.63, 3.8) is 0 Å². The molecule has 0 spiro atoms. The Morgan fingerprint density at radius 3 is 2.76 bits per heavy atom. The highest BCUT2D eigenvalue weighted by Crippen LogP contribution is 2.25. The maximum Gasteiger partial charge on any atom is 0.270 e. The Bertz CT molecular complexity index is 914. The van der Waals surface area contributed by atoms with Crippen LogP contribution in [0.1, 0.15) is 6.42 Å². The summed E-state index contributed by atoms with van der Waals surface area (Å²) in [5.74, 6) is 0.915. The summed E-state index contributed by atoms with van der Waals surface area (Å²) in [6.07, 6.45) is 1.05. The van der Waals surface area contributed by atoms with Crippen molar-refractivity contribution in [2.24, 2.45) is 0 Å². The summed E-state index contributed by atoms with van der Waals surface area (Å²) >= 11 is 0. The van der Waals surface area contributed by atoms with E-state index in [4.69, 9.17) is 0 Å². The van der Waals surface area contributed by atoms with Crippen molar-refractivity contribution in [2.45, 2.75) is 12.5 Å². The molecule has 1 atom stereocenters. The number of hydrogen-bond acceptors (Lipinski definition) is 5. The highest BCUT2D eigenvalue weighted by molar-refractivity contribution is 5.82. The SMILES string of the molecule is O=[N+]([O-])c1ccc2nc(N3CCC(Nc4ccccc4)C3)ccc2c1. The molecule has 1 unspecified atom stereocenters. The standard InChI is InChI=1S/C19H18N4O2/c24-23(25)17-7-8-18-14(12-17)6-9-19(21-18)22-11-10-16(13-22)20-15-4-2-1-3-5-15/h1-9,12,16,20H,10-11,13H2. The highest BCUT2D eigenvalue weighted by atomic mass is 16.6. The van der Waals surface area contributed by atoms with Crippen molar-refractivity contribution in [3.05, 3.63) is 70.8 Å². The topological polar surface area (TPSA) is 71.3 Å². The van der Waals surface area contributed by atoms with Crippen LogP contribution in [0, 0.1) is 10.1 Å². The van der Waals surface area contributed by atoms with Crippen LogP contribution in [0.25, 0.3) is 10.9 Å². The first kappa shape index (κ1) is 15.4. The van der Waals surface area contributed by atoms with Crippen LogP contribution >= 0.6 is 0 Å². The molecule has 6 heteroatoms. The molecule has 1 fully saturated rings. The van der Waals surface area contributed by atoms with Gasteiger partial charge in [0.15, 0.2) is 0 Å². The van der Waals surface area contributed by atoms with Crippen LogP contribution < -0.4 is 10.2 Å². The summed E-state index contributed by atoms with van der Waals surface area (Å²) in [4.78, 5) is 17.4. The number of benzene rings is 2. The lowest BCUT2D eigenvalue weighted by molar-refractivity contribution is -0.384. The van der Waals surface area contributed by atoms with E-state index in [0.717, 1.165) is 41.9 Å². The molecular weight excluding hydrogens is 316 g/mol. The smallest absolute Gasteiger partial charge is 0.270 e. The number of para-hydroxylation sites is 1. The molecule has 2 aromatic carbocycles. The van der Waals surface area contributed by atoms with Crippen LogP contribution in [-0.4, -0.2) is 29.0 Å². The zero-order valence-electron chi connectivity index (χ0n) is 13.6. The van der Waals surface area contributed by atoms with Crippen LogP contribution in [0.2, 0.25) is 0 Å². The Labute approximate surface area is 145 Å². The van der Waals surface area contributed by atoms with Crippen LogP contribution in [0.5, 0.6) is 0 Å². The van der Waals surface area contributed by atoms with Gasteiger partial charge in [0.05, 0.1) is 10.4 Å². The average Bonchev–Trinajstić information content (AvgIpc) is 3.10. The zero-order chi connectivity index (χ0) is 17.2. The Hall–Kier alpha value is -3.15. The molecule has 126 valence electrons. The van der Waals surface area contributed by atoms with Gasteiger partial charge >= 0.3 is 0 Å². The number of nitrogens with one attached hydrogen (secondary N) is 1. The lowest BCUT2D eigenvalue weighted by Crippen LogP contribution is -2.26. The molecule has 2 heterocycles. The van der Waals surface area contributed by atoms with Gasteiger partial charge < -0.3 is 10.2 Å². The number of aromatic nitrogens is 1. The highest BCUT2D eigenvalue weighted by Gasteiger charge is 2.23. The molecule has 0 amide bonds. The van der Waals surface area contributed by atoms with Crippen LogP contribution in [0.3, 0.4) is 0 Å². The van der Waals surface area contributed by atoms with Gasteiger partial charge in [0.2, 0.25) is 0 Å². The Morgan fingerprint density at radius 1 is 1.12 bits per heavy atom. The molecule has 1 aliphatic heterocycles. The second-order valence-corrected chi connectivity index (χ2v) is 6.25. The predicted molar refractivity (Wildman–Crippen MR) is 99.1 cm³/mol. The van der Waals surface area contributed by atoms with Gasteiger partial charge in [-0.05, 0) is 36.8 Å². The minimum Gasteiger partial charge on any atom is -0.380 e. The molecule has 0 bridgehead atoms. The molecule has 1 aromatic heterocycles. The van der Waals surface area contributed by atoms with E-state index in [9.17, 15) is 10.1 Å². The van der Waals surface area contributed by atoms with Gasteiger partial charge in [-0.3, -0.25) is 10.1 Å². The van der Waals surface area contributed by atoms with Gasteiger partial charge in [-0.1, -0.05) is 18.2 Å². The number of pyridine rings is 1. The number of hydrogen-bond donors (Lipinski definition) is 1. The fourth-order valence-electron chi connectivity index (χ4n) is 3.25. The van der Waals surface area contributed by atoms with Crippen LogP contribution in [-0.2, 0) is 0 Å². The summed E-state index contributed by atoms with van der Waals surface area (Å²) in [7, 11) is 0. The molecular formula is C19H18N4O2. The molecule has 3 aromatic rings. The van der Waals surface area contributed by atoms with Crippen LogP contribution in [0.4, 0.5) is 17.2 Å². The molecule has 0 radical (unpaired) electrons. The van der Waals surface area contributed by atoms with Crippen molar-refractivity contribution in [1.82, 2.24) is 4.98 Å². The third-order valence-corrected chi connectivity index (χ3v) is 4.53. The summed E-state index contributed by atoms with van der Waals surface area (Å²) in [5, 5.41) is 15.2. The molecule has 1 saturated heterocycles. The average molecular weight is 334 g/mol. The predicted octanol–water partition coefficient (Wildman–Crippen LogP) is 3.83. The van der Waals surface area contributed by atoms with Gasteiger partial charge in [-0.2, -0.15) is 0 Å². The fraction of sp³-hybridized carbons (Fsp3) is 0.211. The van der Waals surface area contributed by atoms with Gasteiger partial charge in [0, 0.05) is 42.3 Å². The largest absolute Gasteiger partial charge is 0.380 e. The monoisotopic (exact) mass is 334 g/mol. The van der Waals surface area contributed by atoms with Crippen molar-refractivity contribution in [1.29, 1.82) is 0 Å². The van der Waals surface area contributed by atoms with E-state index in [2.05, 4.69) is 27.3 Å². The van der Waals surface area contributed by atoms with Gasteiger partial charge in [0.1, 0.15) is 5.82 Å². The van der Waals surface area contributed by atoms with Crippen LogP contribution in [0.15, 0.2) is 60.7 Å². The summed E-state index contributed by atoms with van der Waals surface area (Å²) in [6, 6.07) is 19.2. The zero-order valence-corrected chi connectivity index (χ0v) is 13.6. The molecule has 6 nitrogen and oxygen atoms in total. The number of nitro groups is 1. The van der Waals surface area contributed by atoms with E-state index in [1.54, 1.807) is 12.1 Å². The Morgan fingerprint density at radius 2 is 1.96 bits per heavy atom. The maximum atomic E-state index is 10.9. The van der Waals surface area contributed by atoms with E-state index < -0.39 is 0 Å². The third kappa shape index (κ3) is 3.24. The van der Waals surface area contributed by atoms with Crippen molar-refractivity contribution in [3.8, 4) is 0 Å². The van der Waals surface area contributed by atoms with Gasteiger partial charge in [0.25, 0.3) is 5.69 Å². The maximum absolute atomic E-state index is 10.9. The lowest BCUT2D eigenvalue weighted by atomic mass is 10.2. The number of anilines is 2. The quantitative estimate of drug-likeness (QED) is 0.580. The summed E-state index contributed by atoms with van der Waals surface area (Å²) < 4.78 is 0. The third-order valence-electron chi connectivity index (χ3n) is 4.53. The van der Waals surface area contributed by atoms with E-state index in [0.29, 0.717) is 6.04 Å². The number of non-ortho nitro benzene ring substituents is 1. The first-order valence-electron chi connectivity index (χ1n) is 8.31. The molecule has 0 aliphatic carbocycles. The van der Waals surface area contributed by atoms with Crippen molar-refractivity contribution in [2.75, 3.05) is 23.3 Å². The lowest BCUT2D eigenvalue weighted by Gasteiger charge is -2.19. The summed E-state index contributed by atoms with van der Waals surface area (Å²) in [6.45, 7) is 1.83. The summed E-state index contributed by atoms with van der Waals surface area (Å²) in [5.41, 5.74) is 2.01. The second kappa shape index (κ2) is 6.39. The number of rotatable bonds is 4. The minimum absolute atomic E-state index is 0.0929. The molecule has 0 saturated carbocycles. The van der Waals surface area contributed by atoms with Crippen molar-refractivity contribution >= 4 is 28.1 Å². The number of fused-ring (bicyclic) bond motifs is 1. The first-order chi connectivity index (χ1) is 12.2. The fourth-order valence-corrected chi connectivity index (χ4v) is 3.25. The number of nitro benzene ring substituents is 1. The first-order valence-corrected chi connectivity index (χ1v) is 8.31. The van der Waals surface area contributed by atoms with E-state index >= 15 is 0 Å². The van der Waals surface area contributed by atoms with Gasteiger partial charge in [-0.25, -0.2) is 4.98 Å². The molecule has 1 N–H and O–H groups in total.